The number of hydrogen-bond donors (Lipinski definition) is 1. The minimum absolute atomic E-state index is 0.500. The standard InChI is InChI=1S/C3H4N2.C2H4O.C2H6/c1-2-4-5-3-1;1-2-3;1-2/h1-3H,(H,4,5);2H,1H3;1-2H3/i;;1D. The molecular formula is C7H14N2O. The number of aromatic nitrogens is 2. The van der Waals surface area contributed by atoms with Crippen LogP contribution in [0.2, 0.25) is 0 Å². The van der Waals surface area contributed by atoms with E-state index in [1.807, 2.05) is 6.07 Å². The highest BCUT2D eigenvalue weighted by Gasteiger charge is 1.56. The number of H-pyrrole nitrogens is 1. The Hall–Kier alpha value is -1.12. The molecule has 0 aromatic carbocycles. The van der Waals surface area contributed by atoms with Crippen molar-refractivity contribution in [2.45, 2.75) is 20.7 Å². The zero-order valence-electron chi connectivity index (χ0n) is 7.37. The molecule has 1 heterocycles. The van der Waals surface area contributed by atoms with Gasteiger partial charge in [0.1, 0.15) is 6.29 Å². The lowest BCUT2D eigenvalue weighted by Gasteiger charge is -1.49. The predicted molar refractivity (Wildman–Crippen MR) is 41.7 cm³/mol. The van der Waals surface area contributed by atoms with Crippen LogP contribution in [-0.2, 0) is 4.79 Å². The number of nitrogens with zero attached hydrogens (tertiary/aromatic N) is 1. The summed E-state index contributed by atoms with van der Waals surface area (Å²) in [5, 5.41) is 6.21. The van der Waals surface area contributed by atoms with Crippen molar-refractivity contribution >= 4 is 6.29 Å². The van der Waals surface area contributed by atoms with Crippen LogP contribution in [0.15, 0.2) is 18.5 Å². The summed E-state index contributed by atoms with van der Waals surface area (Å²) < 4.78 is 6.21. The summed E-state index contributed by atoms with van der Waals surface area (Å²) in [6.07, 6.45) is 4.21. The van der Waals surface area contributed by atoms with Crippen LogP contribution < -0.4 is 0 Å². The molecule has 0 bridgehead atoms. The molecule has 0 aliphatic carbocycles. The third-order valence-electron chi connectivity index (χ3n) is 0.406. The van der Waals surface area contributed by atoms with Crippen LogP contribution in [0.4, 0.5) is 0 Å². The van der Waals surface area contributed by atoms with Gasteiger partial charge < -0.3 is 4.79 Å². The maximum atomic E-state index is 8.81. The van der Waals surface area contributed by atoms with Gasteiger partial charge in [-0.25, -0.2) is 0 Å². The summed E-state index contributed by atoms with van der Waals surface area (Å²) in [6.45, 7) is 3.74. The maximum Gasteiger partial charge on any atom is 0.116 e. The minimum atomic E-state index is 0.500. The van der Waals surface area contributed by atoms with Gasteiger partial charge in [-0.2, -0.15) is 5.10 Å². The Morgan fingerprint density at radius 3 is 2.40 bits per heavy atom. The molecule has 1 aromatic rings. The molecule has 1 aromatic heterocycles. The first kappa shape index (κ1) is 8.88. The fraction of sp³-hybridized carbons (Fsp3) is 0.429. The number of nitrogens with one attached hydrogen (secondary N) is 1. The number of aldehydes is 1. The molecule has 0 amide bonds. The zero-order chi connectivity index (χ0) is 8.95. The van der Waals surface area contributed by atoms with Crippen molar-refractivity contribution in [1.82, 2.24) is 10.2 Å². The van der Waals surface area contributed by atoms with Crippen LogP contribution in [0, 0.1) is 0 Å². The molecule has 0 fully saturated rings. The summed E-state index contributed by atoms with van der Waals surface area (Å²) in [5.41, 5.74) is 0. The fourth-order valence-electron chi connectivity index (χ4n) is 0.215. The molecule has 0 aliphatic rings. The molecule has 0 radical (unpaired) electrons. The summed E-state index contributed by atoms with van der Waals surface area (Å²) in [5.74, 6) is 0. The lowest BCUT2D eigenvalue weighted by Crippen LogP contribution is -1.53. The van der Waals surface area contributed by atoms with E-state index < -0.39 is 0 Å². The highest BCUT2D eigenvalue weighted by atomic mass is 16.1. The zero-order valence-corrected chi connectivity index (χ0v) is 6.37. The van der Waals surface area contributed by atoms with E-state index in [1.165, 1.54) is 6.92 Å². The highest BCUT2D eigenvalue weighted by Crippen LogP contribution is 1.64. The second-order valence-electron chi connectivity index (χ2n) is 1.00. The van der Waals surface area contributed by atoms with Crippen LogP contribution in [0.5, 0.6) is 0 Å². The minimum Gasteiger partial charge on any atom is -0.304 e. The molecule has 3 heteroatoms. The summed E-state index contributed by atoms with van der Waals surface area (Å²) in [7, 11) is 0. The fourth-order valence-corrected chi connectivity index (χ4v) is 0.215. The van der Waals surface area contributed by atoms with Gasteiger partial charge >= 0.3 is 0 Å². The van der Waals surface area contributed by atoms with Gasteiger partial charge in [0.15, 0.2) is 0 Å². The normalized spacial score (nSPS) is 7.20. The van der Waals surface area contributed by atoms with E-state index in [-0.39, 0.29) is 0 Å². The van der Waals surface area contributed by atoms with Gasteiger partial charge in [0.05, 0.1) is 0 Å². The first-order valence-corrected chi connectivity index (χ1v) is 2.96. The van der Waals surface area contributed by atoms with Gasteiger partial charge in [-0.05, 0) is 13.0 Å². The number of aromatic amines is 1. The SMILES string of the molecule is CC=O.[2H]CC.c1cn[nH]c1. The first-order chi connectivity index (χ1) is 5.33. The average Bonchev–Trinajstić information content (AvgIpc) is 2.44. The van der Waals surface area contributed by atoms with Crippen LogP contribution in [0.1, 0.15) is 22.1 Å². The Labute approximate surface area is 62.9 Å². The second kappa shape index (κ2) is 15.7. The Bertz CT molecular complexity index is 114. The summed E-state index contributed by atoms with van der Waals surface area (Å²) in [6, 6.07) is 1.83. The second-order valence-corrected chi connectivity index (χ2v) is 1.00. The number of carbonyl (C=O) groups excluding carboxylic acids is 1. The smallest absolute Gasteiger partial charge is 0.116 e. The quantitative estimate of drug-likeness (QED) is 0.561. The molecule has 0 unspecified atom stereocenters. The van der Waals surface area contributed by atoms with Crippen molar-refractivity contribution < 1.29 is 6.17 Å². The number of carbonyl (C=O) groups is 1. The van der Waals surface area contributed by atoms with Crippen molar-refractivity contribution in [1.29, 1.82) is 0 Å². The van der Waals surface area contributed by atoms with Crippen molar-refractivity contribution in [3.05, 3.63) is 18.5 Å². The molecule has 0 aliphatic heterocycles. The molecule has 58 valence electrons. The van der Waals surface area contributed by atoms with Gasteiger partial charge in [-0.15, -0.1) is 0 Å². The molecular weight excluding hydrogens is 128 g/mol. The summed E-state index contributed by atoms with van der Waals surface area (Å²) in [4.78, 5) is 8.81. The van der Waals surface area contributed by atoms with Crippen LogP contribution in [-0.4, -0.2) is 16.5 Å². The van der Waals surface area contributed by atoms with Crippen molar-refractivity contribution in [2.24, 2.45) is 0 Å². The van der Waals surface area contributed by atoms with E-state index in [4.69, 9.17) is 6.17 Å². The van der Waals surface area contributed by atoms with Gasteiger partial charge in [0, 0.05) is 13.8 Å². The molecule has 10 heavy (non-hydrogen) atoms. The molecule has 0 saturated carbocycles. The highest BCUT2D eigenvalue weighted by molar-refractivity contribution is 5.44. The first-order valence-electron chi connectivity index (χ1n) is 3.66. The largest absolute Gasteiger partial charge is 0.304 e. The third-order valence-corrected chi connectivity index (χ3v) is 0.406. The third kappa shape index (κ3) is 15.8. The molecule has 1 rings (SSSR count). The van der Waals surface area contributed by atoms with E-state index in [0.717, 1.165) is 6.29 Å². The lowest BCUT2D eigenvalue weighted by molar-refractivity contribution is -0.106. The Balaban J connectivity index is 0. The van der Waals surface area contributed by atoms with Gasteiger partial charge in [0.2, 0.25) is 0 Å². The topological polar surface area (TPSA) is 45.8 Å². The van der Waals surface area contributed by atoms with Crippen molar-refractivity contribution in [2.75, 3.05) is 0 Å². The van der Waals surface area contributed by atoms with Gasteiger partial charge in [0.25, 0.3) is 0 Å². The molecule has 0 spiro atoms. The molecule has 3 nitrogen and oxygen atoms in total. The van der Waals surface area contributed by atoms with E-state index in [9.17, 15) is 0 Å². The van der Waals surface area contributed by atoms with Gasteiger partial charge in [-0.3, -0.25) is 5.10 Å². The predicted octanol–water partition coefficient (Wildman–Crippen LogP) is 1.64. The average molecular weight is 143 g/mol. The van der Waals surface area contributed by atoms with E-state index in [0.29, 0.717) is 6.90 Å². The number of hydrogen-bond acceptors (Lipinski definition) is 2. The van der Waals surface area contributed by atoms with E-state index in [1.54, 1.807) is 19.3 Å². The van der Waals surface area contributed by atoms with Crippen molar-refractivity contribution in [3.8, 4) is 0 Å². The maximum absolute atomic E-state index is 8.81. The van der Waals surface area contributed by atoms with E-state index in [2.05, 4.69) is 10.2 Å². The number of rotatable bonds is 0. The van der Waals surface area contributed by atoms with Gasteiger partial charge in [-0.1, -0.05) is 13.8 Å². The van der Waals surface area contributed by atoms with Crippen LogP contribution in [0.25, 0.3) is 0 Å². The Morgan fingerprint density at radius 1 is 1.80 bits per heavy atom. The van der Waals surface area contributed by atoms with Crippen LogP contribution in [0.3, 0.4) is 0 Å². The monoisotopic (exact) mass is 143 g/mol. The molecule has 0 atom stereocenters. The van der Waals surface area contributed by atoms with E-state index >= 15 is 0 Å². The lowest BCUT2D eigenvalue weighted by atomic mass is 10.8. The van der Waals surface area contributed by atoms with Crippen molar-refractivity contribution in [3.63, 3.8) is 0 Å². The Kier molecular flexibility index (Phi) is 13.9. The summed E-state index contributed by atoms with van der Waals surface area (Å²) >= 11 is 0. The molecule has 0 saturated heterocycles. The Morgan fingerprint density at radius 2 is 2.30 bits per heavy atom. The van der Waals surface area contributed by atoms with Crippen LogP contribution >= 0.6 is 0 Å². The molecule has 1 N–H and O–H groups in total.